The zero-order valence-electron chi connectivity index (χ0n) is 16.9. The Kier molecular flexibility index (Phi) is 12.6. The van der Waals surface area contributed by atoms with Crippen molar-refractivity contribution >= 4 is 11.9 Å². The van der Waals surface area contributed by atoms with E-state index >= 15 is 0 Å². The van der Waals surface area contributed by atoms with Gasteiger partial charge in [-0.25, -0.2) is 0 Å². The van der Waals surface area contributed by atoms with Crippen LogP contribution in [0.3, 0.4) is 0 Å². The third-order valence-corrected chi connectivity index (χ3v) is 5.96. The average molecular weight is 357 g/mol. The van der Waals surface area contributed by atoms with E-state index in [0.717, 1.165) is 32.1 Å². The molecule has 0 fully saturated rings. The molecular formula is C21H40O4. The fourth-order valence-corrected chi connectivity index (χ4v) is 3.47. The normalized spacial score (nSPS) is 15.1. The number of rotatable bonds is 16. The largest absolute Gasteiger partial charge is 0.481 e. The van der Waals surface area contributed by atoms with Crippen LogP contribution < -0.4 is 0 Å². The molecule has 2 atom stereocenters. The maximum atomic E-state index is 11.6. The van der Waals surface area contributed by atoms with Gasteiger partial charge >= 0.3 is 11.9 Å². The fraction of sp³-hybridized carbons (Fsp3) is 0.905. The van der Waals surface area contributed by atoms with Crippen LogP contribution in [-0.2, 0) is 9.59 Å². The topological polar surface area (TPSA) is 74.6 Å². The van der Waals surface area contributed by atoms with Crippen molar-refractivity contribution in [3.05, 3.63) is 0 Å². The Balaban J connectivity index is 3.61. The van der Waals surface area contributed by atoms with Gasteiger partial charge in [0.05, 0.1) is 5.41 Å². The first-order chi connectivity index (χ1) is 11.7. The molecule has 0 saturated heterocycles. The van der Waals surface area contributed by atoms with Crippen LogP contribution in [0.1, 0.15) is 105 Å². The predicted molar refractivity (Wildman–Crippen MR) is 103 cm³/mol. The molecular weight excluding hydrogens is 316 g/mol. The van der Waals surface area contributed by atoms with Gasteiger partial charge in [0.15, 0.2) is 0 Å². The molecule has 0 heterocycles. The van der Waals surface area contributed by atoms with E-state index in [-0.39, 0.29) is 11.8 Å². The van der Waals surface area contributed by atoms with E-state index in [4.69, 9.17) is 5.11 Å². The molecule has 148 valence electrons. The Labute approximate surface area is 154 Å². The van der Waals surface area contributed by atoms with Crippen molar-refractivity contribution in [3.8, 4) is 0 Å². The molecule has 0 aliphatic rings. The van der Waals surface area contributed by atoms with E-state index in [1.54, 1.807) is 0 Å². The second kappa shape index (κ2) is 13.2. The first-order valence-corrected chi connectivity index (χ1v) is 10.2. The highest BCUT2D eigenvalue weighted by atomic mass is 16.4. The Morgan fingerprint density at radius 2 is 1.16 bits per heavy atom. The molecule has 0 aliphatic carbocycles. The maximum absolute atomic E-state index is 11.6. The quantitative estimate of drug-likeness (QED) is 0.326. The molecule has 0 aliphatic heterocycles. The number of carboxylic acids is 2. The van der Waals surface area contributed by atoms with Crippen molar-refractivity contribution in [1.29, 1.82) is 0 Å². The lowest BCUT2D eigenvalue weighted by molar-refractivity contribution is -0.154. The van der Waals surface area contributed by atoms with E-state index in [0.29, 0.717) is 6.42 Å². The predicted octanol–water partition coefficient (Wildman–Crippen LogP) is 6.14. The summed E-state index contributed by atoms with van der Waals surface area (Å²) in [5.41, 5.74) is -0.624. The molecule has 25 heavy (non-hydrogen) atoms. The molecule has 2 N–H and O–H groups in total. The van der Waals surface area contributed by atoms with Gasteiger partial charge < -0.3 is 10.2 Å². The van der Waals surface area contributed by atoms with Crippen molar-refractivity contribution in [2.24, 2.45) is 17.3 Å². The van der Waals surface area contributed by atoms with Crippen molar-refractivity contribution in [1.82, 2.24) is 0 Å². The molecule has 0 amide bonds. The van der Waals surface area contributed by atoms with Crippen LogP contribution in [0.15, 0.2) is 0 Å². The van der Waals surface area contributed by atoms with E-state index in [2.05, 4.69) is 6.92 Å². The number of aliphatic carboxylic acids is 2. The third kappa shape index (κ3) is 9.86. The SMILES string of the molecule is CC(C)C(C)(C(=O)O)C(C)CCCCCCCCCCCCC(=O)O. The van der Waals surface area contributed by atoms with E-state index in [1.165, 1.54) is 38.5 Å². The molecule has 2 unspecified atom stereocenters. The number of carboxylic acid groups (broad SMARTS) is 2. The second-order valence-electron chi connectivity index (χ2n) is 8.11. The van der Waals surface area contributed by atoms with Crippen molar-refractivity contribution in [2.75, 3.05) is 0 Å². The average Bonchev–Trinajstić information content (AvgIpc) is 2.53. The van der Waals surface area contributed by atoms with Crippen LogP contribution in [-0.4, -0.2) is 22.2 Å². The Morgan fingerprint density at radius 1 is 0.760 bits per heavy atom. The lowest BCUT2D eigenvalue weighted by Gasteiger charge is -2.35. The summed E-state index contributed by atoms with van der Waals surface area (Å²) in [6, 6.07) is 0. The van der Waals surface area contributed by atoms with E-state index in [1.807, 2.05) is 20.8 Å². The number of unbranched alkanes of at least 4 members (excludes halogenated alkanes) is 9. The van der Waals surface area contributed by atoms with Gasteiger partial charge in [0.25, 0.3) is 0 Å². The second-order valence-corrected chi connectivity index (χ2v) is 8.11. The Hall–Kier alpha value is -1.06. The summed E-state index contributed by atoms with van der Waals surface area (Å²) >= 11 is 0. The van der Waals surface area contributed by atoms with Gasteiger partial charge in [-0.1, -0.05) is 78.6 Å². The van der Waals surface area contributed by atoms with Crippen molar-refractivity contribution in [3.63, 3.8) is 0 Å². The van der Waals surface area contributed by atoms with E-state index in [9.17, 15) is 14.7 Å². The number of carbonyl (C=O) groups is 2. The molecule has 0 aromatic rings. The van der Waals surface area contributed by atoms with Crippen molar-refractivity contribution < 1.29 is 19.8 Å². The molecule has 4 heteroatoms. The summed E-state index contributed by atoms with van der Waals surface area (Å²) in [5, 5.41) is 18.1. The third-order valence-electron chi connectivity index (χ3n) is 5.96. The van der Waals surface area contributed by atoms with Gasteiger partial charge in [0.2, 0.25) is 0 Å². The van der Waals surface area contributed by atoms with Crippen LogP contribution in [0.4, 0.5) is 0 Å². The first-order valence-electron chi connectivity index (χ1n) is 10.2. The number of hydrogen-bond acceptors (Lipinski definition) is 2. The summed E-state index contributed by atoms with van der Waals surface area (Å²) in [4.78, 5) is 22.0. The highest BCUT2D eigenvalue weighted by molar-refractivity contribution is 5.74. The molecule has 0 aromatic heterocycles. The maximum Gasteiger partial charge on any atom is 0.309 e. The highest BCUT2D eigenvalue weighted by Crippen LogP contribution is 2.38. The number of hydrogen-bond donors (Lipinski definition) is 2. The Bertz CT molecular complexity index is 378. The van der Waals surface area contributed by atoms with Crippen LogP contribution in [0.5, 0.6) is 0 Å². The van der Waals surface area contributed by atoms with Crippen molar-refractivity contribution in [2.45, 2.75) is 105 Å². The lowest BCUT2D eigenvalue weighted by Crippen LogP contribution is -2.39. The monoisotopic (exact) mass is 356 g/mol. The summed E-state index contributed by atoms with van der Waals surface area (Å²) in [7, 11) is 0. The van der Waals surface area contributed by atoms with Gasteiger partial charge in [-0.3, -0.25) is 9.59 Å². The minimum Gasteiger partial charge on any atom is -0.481 e. The molecule has 0 aromatic carbocycles. The van der Waals surface area contributed by atoms with Crippen LogP contribution in [0, 0.1) is 17.3 Å². The Morgan fingerprint density at radius 3 is 1.52 bits per heavy atom. The van der Waals surface area contributed by atoms with Gasteiger partial charge in [-0.2, -0.15) is 0 Å². The minimum atomic E-state index is -0.689. The zero-order valence-corrected chi connectivity index (χ0v) is 16.9. The summed E-state index contributed by atoms with van der Waals surface area (Å²) in [6.45, 7) is 7.98. The van der Waals surface area contributed by atoms with Gasteiger partial charge in [-0.15, -0.1) is 0 Å². The molecule has 0 spiro atoms. The van der Waals surface area contributed by atoms with Gasteiger partial charge in [-0.05, 0) is 31.6 Å². The molecule has 0 radical (unpaired) electrons. The smallest absolute Gasteiger partial charge is 0.309 e. The lowest BCUT2D eigenvalue weighted by atomic mass is 9.68. The first kappa shape index (κ1) is 23.9. The van der Waals surface area contributed by atoms with E-state index < -0.39 is 17.4 Å². The van der Waals surface area contributed by atoms with Crippen LogP contribution in [0.2, 0.25) is 0 Å². The molecule has 0 saturated carbocycles. The van der Waals surface area contributed by atoms with Gasteiger partial charge in [0, 0.05) is 6.42 Å². The molecule has 0 rings (SSSR count). The molecule has 0 bridgehead atoms. The zero-order chi connectivity index (χ0) is 19.3. The van der Waals surface area contributed by atoms with Gasteiger partial charge in [0.1, 0.15) is 0 Å². The fourth-order valence-electron chi connectivity index (χ4n) is 3.47. The highest BCUT2D eigenvalue weighted by Gasteiger charge is 2.41. The standard InChI is InChI=1S/C21H40O4/c1-17(2)21(4,20(24)25)18(3)15-13-11-9-7-5-6-8-10-12-14-16-19(22)23/h17-18H,5-16H2,1-4H3,(H,22,23)(H,24,25). The van der Waals surface area contributed by atoms with Crippen LogP contribution >= 0.6 is 0 Å². The minimum absolute atomic E-state index is 0.149. The summed E-state index contributed by atoms with van der Waals surface area (Å²) in [5.74, 6) is -1.00. The summed E-state index contributed by atoms with van der Waals surface area (Å²) in [6.07, 6.45) is 12.8. The summed E-state index contributed by atoms with van der Waals surface area (Å²) < 4.78 is 0. The molecule has 4 nitrogen and oxygen atoms in total. The van der Waals surface area contributed by atoms with Crippen LogP contribution in [0.25, 0.3) is 0 Å².